The third-order valence-corrected chi connectivity index (χ3v) is 1.64. The quantitative estimate of drug-likeness (QED) is 0.683. The summed E-state index contributed by atoms with van der Waals surface area (Å²) in [6.07, 6.45) is 2.02. The first-order valence-corrected chi connectivity index (χ1v) is 5.62. The molecule has 1 unspecified atom stereocenters. The molecule has 0 saturated carbocycles. The van der Waals surface area contributed by atoms with Crippen LogP contribution in [0.3, 0.4) is 0 Å². The van der Waals surface area contributed by atoms with Gasteiger partial charge in [-0.05, 0) is 13.3 Å². The van der Waals surface area contributed by atoms with Crippen molar-refractivity contribution in [3.05, 3.63) is 0 Å². The van der Waals surface area contributed by atoms with E-state index in [0.29, 0.717) is 6.54 Å². The first kappa shape index (κ1) is 16.4. The smallest absolute Gasteiger partial charge is 0.242 e. The van der Waals surface area contributed by atoms with Crippen LogP contribution in [0.15, 0.2) is 0 Å². The Morgan fingerprint density at radius 3 is 2.20 bits per heavy atom. The molecule has 2 amide bonds. The Balaban J connectivity index is 0. The van der Waals surface area contributed by atoms with E-state index >= 15 is 0 Å². The van der Waals surface area contributed by atoms with Crippen LogP contribution in [0.2, 0.25) is 0 Å². The van der Waals surface area contributed by atoms with Crippen LogP contribution in [0.25, 0.3) is 0 Å². The Labute approximate surface area is 92.8 Å². The summed E-state index contributed by atoms with van der Waals surface area (Å²) in [6.45, 7) is 9.81. The maximum atomic E-state index is 11.2. The molecule has 0 rings (SSSR count). The molecular weight excluding hydrogens is 192 g/mol. The molecule has 0 aliphatic rings. The van der Waals surface area contributed by atoms with Gasteiger partial charge in [-0.15, -0.1) is 0 Å². The number of nitrogens with one attached hydrogen (secondary N) is 2. The molecule has 0 aliphatic heterocycles. The van der Waals surface area contributed by atoms with Gasteiger partial charge < -0.3 is 10.6 Å². The fourth-order valence-electron chi connectivity index (χ4n) is 0.912. The molecule has 0 heterocycles. The Morgan fingerprint density at radius 1 is 1.27 bits per heavy atom. The van der Waals surface area contributed by atoms with Crippen LogP contribution in [0.5, 0.6) is 0 Å². The summed E-state index contributed by atoms with van der Waals surface area (Å²) in [5, 5.41) is 5.25. The highest BCUT2D eigenvalue weighted by Gasteiger charge is 2.11. The molecule has 0 aromatic heterocycles. The Bertz CT molecular complexity index is 181. The summed E-state index contributed by atoms with van der Waals surface area (Å²) in [5.41, 5.74) is 0. The molecule has 0 aliphatic carbocycles. The zero-order valence-corrected chi connectivity index (χ0v) is 10.5. The molecule has 4 nitrogen and oxygen atoms in total. The molecule has 0 bridgehead atoms. The molecular formula is C11H24N2O2. The minimum absolute atomic E-state index is 0.122. The first-order chi connectivity index (χ1) is 7.07. The van der Waals surface area contributed by atoms with Crippen LogP contribution >= 0.6 is 0 Å². The summed E-state index contributed by atoms with van der Waals surface area (Å²) < 4.78 is 0. The van der Waals surface area contributed by atoms with E-state index in [2.05, 4.69) is 17.6 Å². The fraction of sp³-hybridized carbons (Fsp3) is 0.818. The molecule has 2 N–H and O–H groups in total. The monoisotopic (exact) mass is 216 g/mol. The molecule has 0 aromatic rings. The van der Waals surface area contributed by atoms with Crippen molar-refractivity contribution in [1.82, 2.24) is 10.6 Å². The van der Waals surface area contributed by atoms with E-state index in [9.17, 15) is 9.59 Å². The second-order valence-electron chi connectivity index (χ2n) is 3.07. The summed E-state index contributed by atoms with van der Waals surface area (Å²) in [7, 11) is 0. The highest BCUT2D eigenvalue weighted by Crippen LogP contribution is 1.85. The van der Waals surface area contributed by atoms with Gasteiger partial charge in [-0.3, -0.25) is 9.59 Å². The van der Waals surface area contributed by atoms with Crippen LogP contribution in [0.4, 0.5) is 0 Å². The lowest BCUT2D eigenvalue weighted by molar-refractivity contribution is -0.127. The number of rotatable bonds is 5. The summed E-state index contributed by atoms with van der Waals surface area (Å²) in [6, 6.07) is -0.436. The van der Waals surface area contributed by atoms with Gasteiger partial charge in [-0.2, -0.15) is 0 Å². The maximum absolute atomic E-state index is 11.2. The zero-order chi connectivity index (χ0) is 12.3. The standard InChI is InChI=1S/C9H18N2O2.C2H6/c1-4-5-6-10-9(13)7(2)11-8(3)12;1-2/h7H,4-6H2,1-3H3,(H,10,13)(H,11,12);1-2H3. The summed E-state index contributed by atoms with van der Waals surface area (Å²) >= 11 is 0. The van der Waals surface area contributed by atoms with Crippen LogP contribution in [0.1, 0.15) is 47.5 Å². The van der Waals surface area contributed by atoms with Crippen LogP contribution in [-0.2, 0) is 9.59 Å². The zero-order valence-electron chi connectivity index (χ0n) is 10.5. The van der Waals surface area contributed by atoms with Crippen LogP contribution in [0, 0.1) is 0 Å². The fourth-order valence-corrected chi connectivity index (χ4v) is 0.912. The lowest BCUT2D eigenvalue weighted by atomic mass is 10.3. The van der Waals surface area contributed by atoms with Gasteiger partial charge in [-0.1, -0.05) is 27.2 Å². The highest BCUT2D eigenvalue weighted by molar-refractivity contribution is 5.86. The minimum Gasteiger partial charge on any atom is -0.354 e. The molecule has 0 aromatic carbocycles. The van der Waals surface area contributed by atoms with Crippen LogP contribution in [-0.4, -0.2) is 24.4 Å². The topological polar surface area (TPSA) is 58.2 Å². The van der Waals surface area contributed by atoms with Gasteiger partial charge in [0.2, 0.25) is 11.8 Å². The lowest BCUT2D eigenvalue weighted by Gasteiger charge is -2.12. The molecule has 0 spiro atoms. The van der Waals surface area contributed by atoms with Crippen molar-refractivity contribution in [1.29, 1.82) is 0 Å². The van der Waals surface area contributed by atoms with Gasteiger partial charge in [0.15, 0.2) is 0 Å². The second kappa shape index (κ2) is 11.0. The van der Waals surface area contributed by atoms with E-state index in [1.165, 1.54) is 6.92 Å². The molecule has 1 atom stereocenters. The van der Waals surface area contributed by atoms with Gasteiger partial charge in [0, 0.05) is 13.5 Å². The lowest BCUT2D eigenvalue weighted by Crippen LogP contribution is -2.44. The van der Waals surface area contributed by atoms with Gasteiger partial charge in [0.05, 0.1) is 0 Å². The van der Waals surface area contributed by atoms with Gasteiger partial charge >= 0.3 is 0 Å². The molecule has 0 saturated heterocycles. The first-order valence-electron chi connectivity index (χ1n) is 5.62. The van der Waals surface area contributed by atoms with Crippen LogP contribution < -0.4 is 10.6 Å². The van der Waals surface area contributed by atoms with Gasteiger partial charge in [0.1, 0.15) is 6.04 Å². The predicted octanol–water partition coefficient (Wildman–Crippen LogP) is 1.45. The van der Waals surface area contributed by atoms with E-state index in [1.807, 2.05) is 13.8 Å². The molecule has 15 heavy (non-hydrogen) atoms. The number of unbranched alkanes of at least 4 members (excludes halogenated alkanes) is 1. The van der Waals surface area contributed by atoms with Gasteiger partial charge in [-0.25, -0.2) is 0 Å². The second-order valence-corrected chi connectivity index (χ2v) is 3.07. The number of carbonyl (C=O) groups is 2. The third kappa shape index (κ3) is 10.9. The largest absolute Gasteiger partial charge is 0.354 e. The van der Waals surface area contributed by atoms with E-state index < -0.39 is 6.04 Å². The number of amides is 2. The van der Waals surface area contributed by atoms with Crippen molar-refractivity contribution in [2.24, 2.45) is 0 Å². The van der Waals surface area contributed by atoms with E-state index in [4.69, 9.17) is 0 Å². The number of hydrogen-bond donors (Lipinski definition) is 2. The Hall–Kier alpha value is -1.06. The highest BCUT2D eigenvalue weighted by atomic mass is 16.2. The average molecular weight is 216 g/mol. The Kier molecular flexibility index (Phi) is 12.0. The van der Waals surface area contributed by atoms with Crippen molar-refractivity contribution in [2.45, 2.75) is 53.5 Å². The van der Waals surface area contributed by atoms with Crippen molar-refractivity contribution in [3.63, 3.8) is 0 Å². The number of hydrogen-bond acceptors (Lipinski definition) is 2. The summed E-state index contributed by atoms with van der Waals surface area (Å²) in [5.74, 6) is -0.304. The maximum Gasteiger partial charge on any atom is 0.242 e. The molecule has 0 radical (unpaired) electrons. The van der Waals surface area contributed by atoms with Crippen molar-refractivity contribution < 1.29 is 9.59 Å². The van der Waals surface area contributed by atoms with E-state index in [1.54, 1.807) is 6.92 Å². The SMILES string of the molecule is CC.CCCCNC(=O)C(C)NC(C)=O. The number of carbonyl (C=O) groups excluding carboxylic acids is 2. The molecule has 90 valence electrons. The van der Waals surface area contributed by atoms with Gasteiger partial charge in [0.25, 0.3) is 0 Å². The van der Waals surface area contributed by atoms with Crippen molar-refractivity contribution in [3.8, 4) is 0 Å². The van der Waals surface area contributed by atoms with E-state index in [0.717, 1.165) is 12.8 Å². The average Bonchev–Trinajstić information content (AvgIpc) is 2.20. The molecule has 0 fully saturated rings. The summed E-state index contributed by atoms with van der Waals surface area (Å²) in [4.78, 5) is 21.8. The third-order valence-electron chi connectivity index (χ3n) is 1.64. The predicted molar refractivity (Wildman–Crippen MR) is 62.5 cm³/mol. The molecule has 4 heteroatoms. The van der Waals surface area contributed by atoms with Crippen molar-refractivity contribution >= 4 is 11.8 Å². The van der Waals surface area contributed by atoms with Crippen molar-refractivity contribution in [2.75, 3.05) is 6.54 Å². The minimum atomic E-state index is -0.436. The van der Waals surface area contributed by atoms with E-state index in [-0.39, 0.29) is 11.8 Å². The Morgan fingerprint density at radius 2 is 1.80 bits per heavy atom. The normalized spacial score (nSPS) is 10.7.